The zero-order valence-electron chi connectivity index (χ0n) is 29.8. The molecule has 0 bridgehead atoms. The van der Waals surface area contributed by atoms with E-state index in [9.17, 15) is 0 Å². The van der Waals surface area contributed by atoms with Gasteiger partial charge in [0.05, 0.1) is 0 Å². The van der Waals surface area contributed by atoms with Gasteiger partial charge in [0.2, 0.25) is 0 Å². The molecule has 10 aromatic carbocycles. The maximum absolute atomic E-state index is 2.42. The van der Waals surface area contributed by atoms with Crippen molar-refractivity contribution in [3.05, 3.63) is 193 Å². The minimum atomic E-state index is -0.0211. The molecule has 0 radical (unpaired) electrons. The molecule has 0 aromatic heterocycles. The molecular formula is C53H36. The normalized spacial score (nSPS) is 13.2. The molecule has 10 aromatic rings. The van der Waals surface area contributed by atoms with Crippen LogP contribution in [0.15, 0.2) is 182 Å². The van der Waals surface area contributed by atoms with Crippen LogP contribution in [0, 0.1) is 0 Å². The lowest BCUT2D eigenvalue weighted by Crippen LogP contribution is -2.14. The Kier molecular flexibility index (Phi) is 6.40. The van der Waals surface area contributed by atoms with E-state index < -0.39 is 0 Å². The van der Waals surface area contributed by atoms with Gasteiger partial charge in [-0.3, -0.25) is 0 Å². The quantitative estimate of drug-likeness (QED) is 0.164. The van der Waals surface area contributed by atoms with Crippen LogP contribution in [0.2, 0.25) is 0 Å². The van der Waals surface area contributed by atoms with Gasteiger partial charge in [0.15, 0.2) is 0 Å². The molecule has 0 aliphatic heterocycles. The maximum Gasteiger partial charge on any atom is 0.0159 e. The molecule has 11 rings (SSSR count). The van der Waals surface area contributed by atoms with Crippen molar-refractivity contribution < 1.29 is 0 Å². The second kappa shape index (κ2) is 11.2. The minimum absolute atomic E-state index is 0.0211. The van der Waals surface area contributed by atoms with Crippen molar-refractivity contribution in [1.82, 2.24) is 0 Å². The van der Waals surface area contributed by atoms with E-state index in [0.717, 1.165) is 0 Å². The second-order valence-corrected chi connectivity index (χ2v) is 15.3. The Balaban J connectivity index is 1.04. The summed E-state index contributed by atoms with van der Waals surface area (Å²) < 4.78 is 0. The molecule has 0 spiro atoms. The van der Waals surface area contributed by atoms with E-state index in [1.165, 1.54) is 109 Å². The summed E-state index contributed by atoms with van der Waals surface area (Å²) in [6, 6.07) is 68.0. The van der Waals surface area contributed by atoms with Crippen LogP contribution >= 0.6 is 0 Å². The summed E-state index contributed by atoms with van der Waals surface area (Å²) in [6.07, 6.45) is 0. The smallest absolute Gasteiger partial charge is 0.0159 e. The summed E-state index contributed by atoms with van der Waals surface area (Å²) in [4.78, 5) is 0. The molecule has 0 saturated heterocycles. The van der Waals surface area contributed by atoms with E-state index in [1.807, 2.05) is 0 Å². The fourth-order valence-electron chi connectivity index (χ4n) is 9.36. The van der Waals surface area contributed by atoms with Crippen molar-refractivity contribution >= 4 is 53.9 Å². The van der Waals surface area contributed by atoms with Crippen LogP contribution in [0.25, 0.3) is 98.4 Å². The third-order valence-electron chi connectivity index (χ3n) is 12.0. The van der Waals surface area contributed by atoms with Gasteiger partial charge in [-0.15, -0.1) is 0 Å². The van der Waals surface area contributed by atoms with E-state index >= 15 is 0 Å². The molecule has 0 atom stereocenters. The lowest BCUT2D eigenvalue weighted by molar-refractivity contribution is 0.660. The molecule has 248 valence electrons. The van der Waals surface area contributed by atoms with Crippen LogP contribution in [-0.2, 0) is 5.41 Å². The van der Waals surface area contributed by atoms with Gasteiger partial charge < -0.3 is 0 Å². The van der Waals surface area contributed by atoms with Gasteiger partial charge in [-0.2, -0.15) is 0 Å². The van der Waals surface area contributed by atoms with E-state index in [0.29, 0.717) is 0 Å². The first-order valence-corrected chi connectivity index (χ1v) is 18.7. The fourth-order valence-corrected chi connectivity index (χ4v) is 9.36. The predicted molar refractivity (Wildman–Crippen MR) is 228 cm³/mol. The lowest BCUT2D eigenvalue weighted by Gasteiger charge is -2.22. The fraction of sp³-hybridized carbons (Fsp3) is 0.0566. The van der Waals surface area contributed by atoms with Crippen LogP contribution < -0.4 is 0 Å². The third-order valence-corrected chi connectivity index (χ3v) is 12.0. The van der Waals surface area contributed by atoms with E-state index in [4.69, 9.17) is 0 Å². The van der Waals surface area contributed by atoms with Crippen molar-refractivity contribution in [3.8, 4) is 44.5 Å². The minimum Gasteiger partial charge on any atom is -0.0619 e. The summed E-state index contributed by atoms with van der Waals surface area (Å²) in [6.45, 7) is 4.71. The molecular weight excluding hydrogens is 637 g/mol. The Labute approximate surface area is 309 Å². The molecule has 0 fully saturated rings. The Morgan fingerprint density at radius 1 is 0.283 bits per heavy atom. The van der Waals surface area contributed by atoms with Crippen LogP contribution in [0.4, 0.5) is 0 Å². The van der Waals surface area contributed by atoms with Crippen LogP contribution in [0.1, 0.15) is 25.0 Å². The summed E-state index contributed by atoms with van der Waals surface area (Å²) >= 11 is 0. The largest absolute Gasteiger partial charge is 0.0619 e. The number of benzene rings is 10. The van der Waals surface area contributed by atoms with Gasteiger partial charge in [0, 0.05) is 5.41 Å². The molecule has 1 aliphatic rings. The Morgan fingerprint density at radius 3 is 1.64 bits per heavy atom. The predicted octanol–water partition coefficient (Wildman–Crippen LogP) is 14.8. The molecule has 0 N–H and O–H groups in total. The van der Waals surface area contributed by atoms with Gasteiger partial charge >= 0.3 is 0 Å². The van der Waals surface area contributed by atoms with Gasteiger partial charge in [0.1, 0.15) is 0 Å². The van der Waals surface area contributed by atoms with Crippen molar-refractivity contribution in [1.29, 1.82) is 0 Å². The summed E-state index contributed by atoms with van der Waals surface area (Å²) in [5, 5.41) is 12.8. The molecule has 1 aliphatic carbocycles. The Bertz CT molecular complexity index is 3140. The number of hydrogen-bond acceptors (Lipinski definition) is 0. The van der Waals surface area contributed by atoms with Crippen molar-refractivity contribution in [2.75, 3.05) is 0 Å². The first-order valence-electron chi connectivity index (χ1n) is 18.7. The van der Waals surface area contributed by atoms with E-state index in [1.54, 1.807) is 0 Å². The number of fused-ring (bicyclic) bond motifs is 10. The Hall–Kier alpha value is -6.50. The SMILES string of the molecule is CC1(C)c2ccccc2-c2ccc(-c3ccc4ccc(-c5ccc(-c6cc7ccc8ccccc8c7c7ccccc67)c6ccccc56)cc4c3)cc21. The molecule has 0 heterocycles. The van der Waals surface area contributed by atoms with E-state index in [-0.39, 0.29) is 5.41 Å². The maximum atomic E-state index is 2.42. The Morgan fingerprint density at radius 2 is 0.811 bits per heavy atom. The average Bonchev–Trinajstić information content (AvgIpc) is 3.44. The van der Waals surface area contributed by atoms with E-state index in [2.05, 4.69) is 196 Å². The zero-order chi connectivity index (χ0) is 35.3. The molecule has 0 unspecified atom stereocenters. The first-order chi connectivity index (χ1) is 26.0. The highest BCUT2D eigenvalue weighted by molar-refractivity contribution is 6.24. The monoisotopic (exact) mass is 672 g/mol. The highest BCUT2D eigenvalue weighted by Gasteiger charge is 2.35. The standard InChI is InChI=1S/C53H36/c1-53(2)50-18-10-9-16-46(50)47-26-25-36(32-51(47)53)35-22-19-33-20-23-37(30-39(33)29-35)40-27-28-45(43-14-6-5-13-42(40)43)49-31-38-24-21-34-11-3-4-12-41(34)52(38)48-17-8-7-15-44(48)49/h3-32H,1-2H3. The molecule has 0 nitrogen and oxygen atoms in total. The van der Waals surface area contributed by atoms with Crippen molar-refractivity contribution in [2.24, 2.45) is 0 Å². The highest BCUT2D eigenvalue weighted by atomic mass is 14.4. The molecule has 0 saturated carbocycles. The van der Waals surface area contributed by atoms with Crippen LogP contribution in [-0.4, -0.2) is 0 Å². The van der Waals surface area contributed by atoms with Gasteiger partial charge in [-0.1, -0.05) is 172 Å². The lowest BCUT2D eigenvalue weighted by atomic mass is 9.81. The summed E-state index contributed by atoms with van der Waals surface area (Å²) in [5.74, 6) is 0. The van der Waals surface area contributed by atoms with Gasteiger partial charge in [0.25, 0.3) is 0 Å². The van der Waals surface area contributed by atoms with Crippen molar-refractivity contribution in [2.45, 2.75) is 19.3 Å². The number of hydrogen-bond donors (Lipinski definition) is 0. The first kappa shape index (κ1) is 30.2. The van der Waals surface area contributed by atoms with Crippen LogP contribution in [0.5, 0.6) is 0 Å². The van der Waals surface area contributed by atoms with Gasteiger partial charge in [-0.25, -0.2) is 0 Å². The number of rotatable bonds is 3. The second-order valence-electron chi connectivity index (χ2n) is 15.3. The topological polar surface area (TPSA) is 0 Å². The van der Waals surface area contributed by atoms with Crippen LogP contribution in [0.3, 0.4) is 0 Å². The van der Waals surface area contributed by atoms with Gasteiger partial charge in [-0.05, 0) is 134 Å². The molecule has 0 amide bonds. The summed E-state index contributed by atoms with van der Waals surface area (Å²) in [5.41, 5.74) is 13.1. The average molecular weight is 673 g/mol. The molecule has 0 heteroatoms. The highest BCUT2D eigenvalue weighted by Crippen LogP contribution is 2.50. The zero-order valence-corrected chi connectivity index (χ0v) is 29.8. The third kappa shape index (κ3) is 4.49. The summed E-state index contributed by atoms with van der Waals surface area (Å²) in [7, 11) is 0. The molecule has 53 heavy (non-hydrogen) atoms. The van der Waals surface area contributed by atoms with Crippen molar-refractivity contribution in [3.63, 3.8) is 0 Å².